The first-order valence-electron chi connectivity index (χ1n) is 4.08. The number of aldehydes is 1. The summed E-state index contributed by atoms with van der Waals surface area (Å²) in [7, 11) is 0. The van der Waals surface area contributed by atoms with Crippen LogP contribution in [0.25, 0.3) is 0 Å². The van der Waals surface area contributed by atoms with Crippen LogP contribution < -0.4 is 0 Å². The lowest BCUT2D eigenvalue weighted by molar-refractivity contribution is -0.109. The van der Waals surface area contributed by atoms with Gasteiger partial charge in [-0.15, -0.1) is 11.3 Å². The summed E-state index contributed by atoms with van der Waals surface area (Å²) in [5.74, 6) is -0.00468. The average molecular weight is 183 g/mol. The number of aromatic nitrogens is 1. The number of aryl methyl sites for hydroxylation is 2. The molecule has 0 fully saturated rings. The molecule has 66 valence electrons. The van der Waals surface area contributed by atoms with E-state index in [-0.39, 0.29) is 5.92 Å². The molecule has 0 aliphatic carbocycles. The minimum atomic E-state index is -0.00468. The van der Waals surface area contributed by atoms with Gasteiger partial charge in [-0.1, -0.05) is 6.92 Å². The number of rotatable bonds is 3. The van der Waals surface area contributed by atoms with Crippen LogP contribution in [0.3, 0.4) is 0 Å². The van der Waals surface area contributed by atoms with Crippen LogP contribution in [-0.2, 0) is 4.79 Å². The van der Waals surface area contributed by atoms with Gasteiger partial charge < -0.3 is 4.79 Å². The molecule has 0 aromatic carbocycles. The zero-order valence-electron chi connectivity index (χ0n) is 7.63. The van der Waals surface area contributed by atoms with Crippen molar-refractivity contribution in [1.82, 2.24) is 4.98 Å². The molecule has 0 radical (unpaired) electrons. The summed E-state index contributed by atoms with van der Waals surface area (Å²) in [4.78, 5) is 16.2. The third kappa shape index (κ3) is 1.72. The molecular formula is C9H13NOS. The Morgan fingerprint density at radius 2 is 2.25 bits per heavy atom. The van der Waals surface area contributed by atoms with E-state index in [1.54, 1.807) is 11.3 Å². The molecule has 0 amide bonds. The number of hydrogen-bond donors (Lipinski definition) is 0. The van der Waals surface area contributed by atoms with Gasteiger partial charge in [0, 0.05) is 4.88 Å². The fraction of sp³-hybridized carbons (Fsp3) is 0.556. The van der Waals surface area contributed by atoms with Crippen molar-refractivity contribution < 1.29 is 4.79 Å². The minimum Gasteiger partial charge on any atom is -0.303 e. The second kappa shape index (κ2) is 3.81. The topological polar surface area (TPSA) is 30.0 Å². The second-order valence-corrected chi connectivity index (χ2v) is 4.23. The predicted molar refractivity (Wildman–Crippen MR) is 50.7 cm³/mol. The standard InChI is InChI=1S/C9H13NOS/c1-4-8(5-11)9-6(2)12-7(3)10-9/h5,8H,4H2,1-3H3. The van der Waals surface area contributed by atoms with E-state index in [0.717, 1.165) is 23.4 Å². The van der Waals surface area contributed by atoms with Crippen molar-refractivity contribution in [2.75, 3.05) is 0 Å². The van der Waals surface area contributed by atoms with Crippen LogP contribution >= 0.6 is 11.3 Å². The molecule has 0 N–H and O–H groups in total. The average Bonchev–Trinajstić information content (AvgIpc) is 2.34. The Morgan fingerprint density at radius 3 is 2.58 bits per heavy atom. The van der Waals surface area contributed by atoms with Crippen molar-refractivity contribution in [3.05, 3.63) is 15.6 Å². The smallest absolute Gasteiger partial charge is 0.129 e. The molecule has 0 aliphatic rings. The van der Waals surface area contributed by atoms with E-state index in [9.17, 15) is 4.79 Å². The molecule has 0 spiro atoms. The summed E-state index contributed by atoms with van der Waals surface area (Å²) in [5, 5.41) is 1.04. The number of carbonyl (C=O) groups is 1. The Bertz CT molecular complexity index is 280. The van der Waals surface area contributed by atoms with Gasteiger partial charge in [-0.05, 0) is 20.3 Å². The first-order valence-corrected chi connectivity index (χ1v) is 4.90. The first-order chi connectivity index (χ1) is 5.69. The maximum absolute atomic E-state index is 10.7. The zero-order valence-corrected chi connectivity index (χ0v) is 8.44. The van der Waals surface area contributed by atoms with Crippen LogP contribution in [0, 0.1) is 13.8 Å². The van der Waals surface area contributed by atoms with Crippen LogP contribution in [0.5, 0.6) is 0 Å². The highest BCUT2D eigenvalue weighted by Crippen LogP contribution is 2.24. The number of thiazole rings is 1. The molecule has 1 atom stereocenters. The fourth-order valence-corrected chi connectivity index (χ4v) is 2.13. The third-order valence-corrected chi connectivity index (χ3v) is 2.80. The Balaban J connectivity index is 2.99. The Labute approximate surface area is 76.6 Å². The Morgan fingerprint density at radius 1 is 1.58 bits per heavy atom. The second-order valence-electron chi connectivity index (χ2n) is 2.83. The van der Waals surface area contributed by atoms with E-state index in [1.807, 2.05) is 20.8 Å². The highest BCUT2D eigenvalue weighted by molar-refractivity contribution is 7.11. The molecule has 2 nitrogen and oxygen atoms in total. The van der Waals surface area contributed by atoms with Crippen LogP contribution in [0.2, 0.25) is 0 Å². The van der Waals surface area contributed by atoms with E-state index in [1.165, 1.54) is 4.88 Å². The molecule has 1 unspecified atom stereocenters. The minimum absolute atomic E-state index is 0.00468. The number of carbonyl (C=O) groups excluding carboxylic acids is 1. The van der Waals surface area contributed by atoms with Gasteiger partial charge in [-0.2, -0.15) is 0 Å². The Kier molecular flexibility index (Phi) is 2.98. The summed E-state index contributed by atoms with van der Waals surface area (Å²) < 4.78 is 0. The lowest BCUT2D eigenvalue weighted by Crippen LogP contribution is -2.00. The van der Waals surface area contributed by atoms with Crippen LogP contribution in [0.1, 0.15) is 34.8 Å². The summed E-state index contributed by atoms with van der Waals surface area (Å²) in [6.45, 7) is 6.00. The van der Waals surface area contributed by atoms with E-state index in [0.29, 0.717) is 0 Å². The summed E-state index contributed by atoms with van der Waals surface area (Å²) in [6, 6.07) is 0. The summed E-state index contributed by atoms with van der Waals surface area (Å²) in [5.41, 5.74) is 0.968. The van der Waals surface area contributed by atoms with Crippen LogP contribution in [0.15, 0.2) is 0 Å². The van der Waals surface area contributed by atoms with Gasteiger partial charge in [-0.3, -0.25) is 0 Å². The first kappa shape index (κ1) is 9.39. The predicted octanol–water partition coefficient (Wildman–Crippen LogP) is 2.45. The molecule has 0 bridgehead atoms. The molecular weight excluding hydrogens is 170 g/mol. The molecule has 1 aromatic rings. The summed E-state index contributed by atoms with van der Waals surface area (Å²) >= 11 is 1.66. The summed E-state index contributed by atoms with van der Waals surface area (Å²) in [6.07, 6.45) is 1.83. The molecule has 0 saturated carbocycles. The van der Waals surface area contributed by atoms with E-state index in [4.69, 9.17) is 0 Å². The van der Waals surface area contributed by atoms with Gasteiger partial charge in [0.05, 0.1) is 16.6 Å². The lowest BCUT2D eigenvalue weighted by Gasteiger charge is -2.03. The van der Waals surface area contributed by atoms with Crippen molar-refractivity contribution in [2.45, 2.75) is 33.1 Å². The molecule has 1 aromatic heterocycles. The SMILES string of the molecule is CCC(C=O)c1nc(C)sc1C. The third-order valence-electron chi connectivity index (χ3n) is 1.89. The maximum atomic E-state index is 10.7. The van der Waals surface area contributed by atoms with Crippen molar-refractivity contribution in [3.8, 4) is 0 Å². The van der Waals surface area contributed by atoms with Gasteiger partial charge in [0.15, 0.2) is 0 Å². The zero-order chi connectivity index (χ0) is 9.14. The quantitative estimate of drug-likeness (QED) is 0.674. The van der Waals surface area contributed by atoms with E-state index >= 15 is 0 Å². The maximum Gasteiger partial charge on any atom is 0.129 e. The van der Waals surface area contributed by atoms with Crippen molar-refractivity contribution in [3.63, 3.8) is 0 Å². The van der Waals surface area contributed by atoms with Crippen LogP contribution in [-0.4, -0.2) is 11.3 Å². The Hall–Kier alpha value is -0.700. The van der Waals surface area contributed by atoms with E-state index in [2.05, 4.69) is 4.98 Å². The molecule has 0 aliphatic heterocycles. The largest absolute Gasteiger partial charge is 0.303 e. The van der Waals surface area contributed by atoms with Gasteiger partial charge in [0.25, 0.3) is 0 Å². The van der Waals surface area contributed by atoms with Crippen molar-refractivity contribution >= 4 is 17.6 Å². The molecule has 1 rings (SSSR count). The number of hydrogen-bond acceptors (Lipinski definition) is 3. The van der Waals surface area contributed by atoms with Crippen molar-refractivity contribution in [2.24, 2.45) is 0 Å². The van der Waals surface area contributed by atoms with E-state index < -0.39 is 0 Å². The fourth-order valence-electron chi connectivity index (χ4n) is 1.24. The van der Waals surface area contributed by atoms with Gasteiger partial charge in [-0.25, -0.2) is 4.98 Å². The molecule has 12 heavy (non-hydrogen) atoms. The van der Waals surface area contributed by atoms with Gasteiger partial charge >= 0.3 is 0 Å². The lowest BCUT2D eigenvalue weighted by atomic mass is 10.0. The number of nitrogens with zero attached hydrogens (tertiary/aromatic N) is 1. The highest BCUT2D eigenvalue weighted by atomic mass is 32.1. The van der Waals surface area contributed by atoms with Crippen molar-refractivity contribution in [1.29, 1.82) is 0 Å². The molecule has 0 saturated heterocycles. The van der Waals surface area contributed by atoms with Crippen LogP contribution in [0.4, 0.5) is 0 Å². The van der Waals surface area contributed by atoms with Gasteiger partial charge in [0.1, 0.15) is 6.29 Å². The highest BCUT2D eigenvalue weighted by Gasteiger charge is 2.14. The molecule has 1 heterocycles. The monoisotopic (exact) mass is 183 g/mol. The van der Waals surface area contributed by atoms with Gasteiger partial charge in [0.2, 0.25) is 0 Å². The molecule has 3 heteroatoms. The normalized spacial score (nSPS) is 12.9.